The summed E-state index contributed by atoms with van der Waals surface area (Å²) in [4.78, 5) is 12.1. The molecular formula is C12H17N3OS. The number of carbonyl (C=O) groups excluding carboxylic acids is 1. The van der Waals surface area contributed by atoms with Gasteiger partial charge < -0.3 is 10.6 Å². The first-order valence-electron chi connectivity index (χ1n) is 5.40. The summed E-state index contributed by atoms with van der Waals surface area (Å²) in [5.74, 6) is -0.0676. The van der Waals surface area contributed by atoms with E-state index in [2.05, 4.69) is 16.7 Å². The Hall–Kier alpha value is -1.38. The lowest BCUT2D eigenvalue weighted by Crippen LogP contribution is -2.27. The molecule has 0 aliphatic heterocycles. The van der Waals surface area contributed by atoms with Gasteiger partial charge in [-0.05, 0) is 25.3 Å². The zero-order valence-corrected chi connectivity index (χ0v) is 11.1. The van der Waals surface area contributed by atoms with Crippen molar-refractivity contribution < 1.29 is 4.79 Å². The first kappa shape index (κ1) is 13.7. The van der Waals surface area contributed by atoms with Crippen molar-refractivity contribution >= 4 is 22.9 Å². The number of thiophene rings is 1. The van der Waals surface area contributed by atoms with Gasteiger partial charge in [-0.1, -0.05) is 0 Å². The quantitative estimate of drug-likeness (QED) is 0.844. The molecule has 92 valence electrons. The number of nitrogens with one attached hydrogen (secondary N) is 2. The lowest BCUT2D eigenvalue weighted by Gasteiger charge is -2.15. The van der Waals surface area contributed by atoms with E-state index >= 15 is 0 Å². The van der Waals surface area contributed by atoms with Crippen molar-refractivity contribution in [1.29, 1.82) is 5.26 Å². The third-order valence-corrected chi connectivity index (χ3v) is 3.13. The second-order valence-electron chi connectivity index (χ2n) is 4.54. The molecule has 0 unspecified atom stereocenters. The molecule has 0 spiro atoms. The highest BCUT2D eigenvalue weighted by Gasteiger charge is 2.16. The van der Waals surface area contributed by atoms with Gasteiger partial charge in [-0.15, -0.1) is 11.3 Å². The van der Waals surface area contributed by atoms with E-state index in [1.54, 1.807) is 11.3 Å². The van der Waals surface area contributed by atoms with Gasteiger partial charge in [0.05, 0.1) is 17.2 Å². The molecule has 0 aromatic carbocycles. The molecule has 0 fully saturated rings. The SMILES string of the molecule is CC(=O)Nc1ccsc1CNCC(C)(C)C#N. The van der Waals surface area contributed by atoms with Crippen molar-refractivity contribution in [2.24, 2.45) is 5.41 Å². The fourth-order valence-electron chi connectivity index (χ4n) is 1.31. The van der Waals surface area contributed by atoms with E-state index in [1.165, 1.54) is 6.92 Å². The van der Waals surface area contributed by atoms with Crippen molar-refractivity contribution in [2.75, 3.05) is 11.9 Å². The number of nitriles is 1. The average Bonchev–Trinajstić information content (AvgIpc) is 2.65. The number of amides is 1. The predicted molar refractivity (Wildman–Crippen MR) is 69.7 cm³/mol. The normalized spacial score (nSPS) is 10.9. The van der Waals surface area contributed by atoms with Gasteiger partial charge in [0.1, 0.15) is 0 Å². The Bertz CT molecular complexity index is 431. The molecule has 1 aromatic heterocycles. The molecule has 0 saturated heterocycles. The fraction of sp³-hybridized carbons (Fsp3) is 0.500. The van der Waals surface area contributed by atoms with Crippen molar-refractivity contribution in [2.45, 2.75) is 27.3 Å². The van der Waals surface area contributed by atoms with Crippen LogP contribution in [0.25, 0.3) is 0 Å². The third kappa shape index (κ3) is 4.55. The summed E-state index contributed by atoms with van der Waals surface area (Å²) in [7, 11) is 0. The van der Waals surface area contributed by atoms with Gasteiger partial charge in [-0.25, -0.2) is 0 Å². The maximum Gasteiger partial charge on any atom is 0.221 e. The summed E-state index contributed by atoms with van der Waals surface area (Å²) >= 11 is 1.59. The Morgan fingerprint density at radius 3 is 2.88 bits per heavy atom. The van der Waals surface area contributed by atoms with Gasteiger partial charge in [0.2, 0.25) is 5.91 Å². The van der Waals surface area contributed by atoms with Crippen LogP contribution in [0.3, 0.4) is 0 Å². The van der Waals surface area contributed by atoms with Gasteiger partial charge >= 0.3 is 0 Å². The smallest absolute Gasteiger partial charge is 0.221 e. The highest BCUT2D eigenvalue weighted by molar-refractivity contribution is 7.10. The summed E-state index contributed by atoms with van der Waals surface area (Å²) in [6, 6.07) is 4.13. The van der Waals surface area contributed by atoms with Crippen LogP contribution in [0.15, 0.2) is 11.4 Å². The Labute approximate surface area is 106 Å². The molecule has 1 aromatic rings. The van der Waals surface area contributed by atoms with Gasteiger partial charge in [0.15, 0.2) is 0 Å². The zero-order valence-electron chi connectivity index (χ0n) is 10.3. The first-order chi connectivity index (χ1) is 7.94. The van der Waals surface area contributed by atoms with Crippen LogP contribution >= 0.6 is 11.3 Å². The van der Waals surface area contributed by atoms with Gasteiger partial charge in [0.25, 0.3) is 0 Å². The molecule has 0 saturated carbocycles. The summed E-state index contributed by atoms with van der Waals surface area (Å²) < 4.78 is 0. The zero-order chi connectivity index (χ0) is 12.9. The lowest BCUT2D eigenvalue weighted by molar-refractivity contribution is -0.114. The molecule has 1 rings (SSSR count). The number of nitrogens with zero attached hydrogens (tertiary/aromatic N) is 1. The highest BCUT2D eigenvalue weighted by Crippen LogP contribution is 2.22. The van der Waals surface area contributed by atoms with Crippen LogP contribution in [-0.4, -0.2) is 12.5 Å². The molecule has 5 heteroatoms. The third-order valence-electron chi connectivity index (χ3n) is 2.21. The summed E-state index contributed by atoms with van der Waals surface area (Å²) in [5.41, 5.74) is 0.482. The monoisotopic (exact) mass is 251 g/mol. The van der Waals surface area contributed by atoms with E-state index in [9.17, 15) is 4.79 Å². The van der Waals surface area contributed by atoms with Crippen molar-refractivity contribution in [3.05, 3.63) is 16.3 Å². The molecule has 0 atom stereocenters. The van der Waals surface area contributed by atoms with E-state index < -0.39 is 0 Å². The molecule has 4 nitrogen and oxygen atoms in total. The number of rotatable bonds is 5. The number of hydrogen-bond donors (Lipinski definition) is 2. The number of carbonyl (C=O) groups is 1. The van der Waals surface area contributed by atoms with Crippen LogP contribution in [0.1, 0.15) is 25.6 Å². The van der Waals surface area contributed by atoms with Crippen LogP contribution < -0.4 is 10.6 Å². The Morgan fingerprint density at radius 1 is 1.59 bits per heavy atom. The van der Waals surface area contributed by atoms with E-state index in [0.717, 1.165) is 10.6 Å². The van der Waals surface area contributed by atoms with Crippen LogP contribution in [0.4, 0.5) is 5.69 Å². The molecule has 1 amide bonds. The molecular weight excluding hydrogens is 234 g/mol. The topological polar surface area (TPSA) is 64.9 Å². The molecule has 0 bridgehead atoms. The van der Waals surface area contributed by atoms with Crippen LogP contribution in [-0.2, 0) is 11.3 Å². The van der Waals surface area contributed by atoms with Crippen molar-refractivity contribution in [3.8, 4) is 6.07 Å². The minimum absolute atomic E-state index is 0.0676. The summed E-state index contributed by atoms with van der Waals surface area (Å²) in [6.45, 7) is 6.57. The predicted octanol–water partition coefficient (Wildman–Crippen LogP) is 2.35. The van der Waals surface area contributed by atoms with Crippen LogP contribution in [0, 0.1) is 16.7 Å². The van der Waals surface area contributed by atoms with Crippen LogP contribution in [0.5, 0.6) is 0 Å². The fourth-order valence-corrected chi connectivity index (χ4v) is 2.11. The molecule has 0 radical (unpaired) electrons. The molecule has 17 heavy (non-hydrogen) atoms. The van der Waals surface area contributed by atoms with Crippen LogP contribution in [0.2, 0.25) is 0 Å². The maximum atomic E-state index is 11.0. The Kier molecular flexibility index (Phi) is 4.67. The second kappa shape index (κ2) is 5.80. The van der Waals surface area contributed by atoms with Crippen molar-refractivity contribution in [3.63, 3.8) is 0 Å². The molecule has 1 heterocycles. The highest BCUT2D eigenvalue weighted by atomic mass is 32.1. The lowest BCUT2D eigenvalue weighted by atomic mass is 9.96. The minimum atomic E-state index is -0.370. The van der Waals surface area contributed by atoms with Gasteiger partial charge in [-0.2, -0.15) is 5.26 Å². The Morgan fingerprint density at radius 2 is 2.29 bits per heavy atom. The molecule has 0 aliphatic carbocycles. The van der Waals surface area contributed by atoms with E-state index in [4.69, 9.17) is 5.26 Å². The second-order valence-corrected chi connectivity index (χ2v) is 5.54. The average molecular weight is 251 g/mol. The van der Waals surface area contributed by atoms with Gasteiger partial charge in [0, 0.05) is 24.9 Å². The minimum Gasteiger partial charge on any atom is -0.325 e. The first-order valence-corrected chi connectivity index (χ1v) is 6.28. The summed E-state index contributed by atoms with van der Waals surface area (Å²) in [5, 5.41) is 16.8. The standard InChI is InChI=1S/C12H17N3OS/c1-9(16)15-10-4-5-17-11(10)6-14-8-12(2,3)7-13/h4-5,14H,6,8H2,1-3H3,(H,15,16). The largest absolute Gasteiger partial charge is 0.325 e. The van der Waals surface area contributed by atoms with Crippen molar-refractivity contribution in [1.82, 2.24) is 5.32 Å². The number of anilines is 1. The number of hydrogen-bond acceptors (Lipinski definition) is 4. The molecule has 2 N–H and O–H groups in total. The Balaban J connectivity index is 2.50. The van der Waals surface area contributed by atoms with E-state index in [1.807, 2.05) is 25.3 Å². The van der Waals surface area contributed by atoms with E-state index in [-0.39, 0.29) is 11.3 Å². The van der Waals surface area contributed by atoms with Gasteiger partial charge in [-0.3, -0.25) is 4.79 Å². The molecule has 0 aliphatic rings. The summed E-state index contributed by atoms with van der Waals surface area (Å²) in [6.07, 6.45) is 0. The van der Waals surface area contributed by atoms with E-state index in [0.29, 0.717) is 13.1 Å². The maximum absolute atomic E-state index is 11.0.